The normalized spacial score (nSPS) is 13.8. The minimum Gasteiger partial charge on any atom is -0.351 e. The molecule has 5 heteroatoms. The van der Waals surface area contributed by atoms with Crippen molar-refractivity contribution in [1.29, 1.82) is 0 Å². The number of para-hydroxylation sites is 1. The summed E-state index contributed by atoms with van der Waals surface area (Å²) >= 11 is 0. The predicted octanol–water partition coefficient (Wildman–Crippen LogP) is 1.68. The van der Waals surface area contributed by atoms with Crippen LogP contribution in [0.4, 0.5) is 0 Å². The lowest BCUT2D eigenvalue weighted by Crippen LogP contribution is -2.39. The van der Waals surface area contributed by atoms with Gasteiger partial charge >= 0.3 is 0 Å². The summed E-state index contributed by atoms with van der Waals surface area (Å²) in [6, 6.07) is 15.5. The molecule has 0 bridgehead atoms. The lowest BCUT2D eigenvalue weighted by atomic mass is 10.1. The van der Waals surface area contributed by atoms with Crippen LogP contribution in [0.25, 0.3) is 10.9 Å². The molecule has 2 aromatic carbocycles. The van der Waals surface area contributed by atoms with Crippen LogP contribution in [0, 0.1) is 0 Å². The Morgan fingerprint density at radius 3 is 2.50 bits per heavy atom. The summed E-state index contributed by atoms with van der Waals surface area (Å²) in [7, 11) is 0. The van der Waals surface area contributed by atoms with Crippen LogP contribution in [0.2, 0.25) is 0 Å². The maximum absolute atomic E-state index is 12.4. The van der Waals surface area contributed by atoms with E-state index < -0.39 is 0 Å². The fraction of sp³-hybridized carbons (Fsp3) is 0.211. The fourth-order valence-electron chi connectivity index (χ4n) is 3.31. The molecule has 120 valence electrons. The van der Waals surface area contributed by atoms with E-state index in [1.54, 1.807) is 18.2 Å². The quantitative estimate of drug-likeness (QED) is 0.799. The molecule has 0 fully saturated rings. The van der Waals surface area contributed by atoms with E-state index >= 15 is 0 Å². The zero-order valence-electron chi connectivity index (χ0n) is 13.1. The van der Waals surface area contributed by atoms with Crippen molar-refractivity contribution in [2.75, 3.05) is 0 Å². The van der Waals surface area contributed by atoms with Crippen LogP contribution in [-0.4, -0.2) is 21.5 Å². The largest absolute Gasteiger partial charge is 0.351 e. The van der Waals surface area contributed by atoms with Gasteiger partial charge in [-0.1, -0.05) is 36.4 Å². The van der Waals surface area contributed by atoms with Crippen molar-refractivity contribution in [1.82, 2.24) is 14.9 Å². The number of aromatic nitrogens is 2. The second-order valence-corrected chi connectivity index (χ2v) is 6.14. The van der Waals surface area contributed by atoms with Crippen LogP contribution in [-0.2, 0) is 24.2 Å². The first-order chi connectivity index (χ1) is 11.7. The molecule has 1 amide bonds. The van der Waals surface area contributed by atoms with E-state index in [4.69, 9.17) is 0 Å². The number of carbonyl (C=O) groups excluding carboxylic acids is 1. The Bertz CT molecular complexity index is 953. The Balaban J connectivity index is 1.48. The molecule has 24 heavy (non-hydrogen) atoms. The van der Waals surface area contributed by atoms with Gasteiger partial charge in [0.25, 0.3) is 5.56 Å². The highest BCUT2D eigenvalue weighted by molar-refractivity contribution is 5.79. The average molecular weight is 319 g/mol. The zero-order valence-corrected chi connectivity index (χ0v) is 13.1. The average Bonchev–Trinajstić information content (AvgIpc) is 2.99. The first-order valence-corrected chi connectivity index (χ1v) is 8.01. The number of amides is 1. The number of hydrogen-bond donors (Lipinski definition) is 1. The van der Waals surface area contributed by atoms with Crippen LogP contribution in [0.3, 0.4) is 0 Å². The number of benzene rings is 2. The van der Waals surface area contributed by atoms with Gasteiger partial charge < -0.3 is 5.32 Å². The van der Waals surface area contributed by atoms with Crippen molar-refractivity contribution in [3.63, 3.8) is 0 Å². The summed E-state index contributed by atoms with van der Waals surface area (Å²) in [5.41, 5.74) is 3.02. The number of nitrogens with one attached hydrogen (secondary N) is 1. The molecule has 1 N–H and O–H groups in total. The molecule has 1 heterocycles. The molecule has 0 atom stereocenters. The number of nitrogens with zero attached hydrogens (tertiary/aromatic N) is 2. The van der Waals surface area contributed by atoms with Gasteiger partial charge in [-0.25, -0.2) is 4.98 Å². The number of rotatable bonds is 3. The molecule has 5 nitrogen and oxygen atoms in total. The van der Waals surface area contributed by atoms with Crippen LogP contribution in [0.15, 0.2) is 59.7 Å². The third-order valence-corrected chi connectivity index (χ3v) is 4.46. The Morgan fingerprint density at radius 1 is 1.08 bits per heavy atom. The lowest BCUT2D eigenvalue weighted by molar-refractivity contribution is -0.122. The highest BCUT2D eigenvalue weighted by Gasteiger charge is 2.22. The Labute approximate surface area is 139 Å². The molecule has 1 aromatic heterocycles. The first kappa shape index (κ1) is 14.6. The highest BCUT2D eigenvalue weighted by Crippen LogP contribution is 2.21. The Morgan fingerprint density at radius 2 is 1.75 bits per heavy atom. The molecule has 3 aromatic rings. The van der Waals surface area contributed by atoms with Gasteiger partial charge in [-0.3, -0.25) is 14.2 Å². The third-order valence-electron chi connectivity index (χ3n) is 4.46. The standard InChI is InChI=1S/C19H17N3O2/c23-18(21-15-9-13-5-1-2-6-14(13)10-15)11-22-12-20-17-8-4-3-7-16(17)19(22)24/h1-8,12,15H,9-11H2,(H,21,23). The van der Waals surface area contributed by atoms with Crippen LogP contribution in [0.5, 0.6) is 0 Å². The second kappa shape index (κ2) is 5.92. The summed E-state index contributed by atoms with van der Waals surface area (Å²) in [5, 5.41) is 3.55. The fourth-order valence-corrected chi connectivity index (χ4v) is 3.31. The maximum atomic E-state index is 12.4. The van der Waals surface area contributed by atoms with Crippen LogP contribution >= 0.6 is 0 Å². The smallest absolute Gasteiger partial charge is 0.261 e. The highest BCUT2D eigenvalue weighted by atomic mass is 16.2. The maximum Gasteiger partial charge on any atom is 0.261 e. The molecule has 0 saturated heterocycles. The van der Waals surface area contributed by atoms with Gasteiger partial charge in [-0.15, -0.1) is 0 Å². The Hall–Kier alpha value is -2.95. The van der Waals surface area contributed by atoms with E-state index in [0.29, 0.717) is 10.9 Å². The summed E-state index contributed by atoms with van der Waals surface area (Å²) in [4.78, 5) is 29.0. The number of fused-ring (bicyclic) bond motifs is 2. The first-order valence-electron chi connectivity index (χ1n) is 8.01. The summed E-state index contributed by atoms with van der Waals surface area (Å²) in [6.45, 7) is -0.0104. The summed E-state index contributed by atoms with van der Waals surface area (Å²) in [5.74, 6) is -0.160. The molecular formula is C19H17N3O2. The third kappa shape index (κ3) is 2.69. The minimum absolute atomic E-state index is 0.0104. The van der Waals surface area contributed by atoms with E-state index in [-0.39, 0.29) is 24.1 Å². The van der Waals surface area contributed by atoms with Crippen molar-refractivity contribution >= 4 is 16.8 Å². The van der Waals surface area contributed by atoms with E-state index in [1.165, 1.54) is 22.0 Å². The van der Waals surface area contributed by atoms with Gasteiger partial charge in [0.2, 0.25) is 5.91 Å². The molecule has 0 radical (unpaired) electrons. The SMILES string of the molecule is O=C(Cn1cnc2ccccc2c1=O)NC1Cc2ccccc2C1. The van der Waals surface area contributed by atoms with Crippen molar-refractivity contribution in [3.8, 4) is 0 Å². The molecule has 0 spiro atoms. The van der Waals surface area contributed by atoms with Gasteiger partial charge in [0, 0.05) is 6.04 Å². The van der Waals surface area contributed by atoms with Gasteiger partial charge in [0.15, 0.2) is 0 Å². The van der Waals surface area contributed by atoms with Gasteiger partial charge in [0.05, 0.1) is 17.2 Å². The van der Waals surface area contributed by atoms with Gasteiger partial charge in [-0.05, 0) is 36.1 Å². The topological polar surface area (TPSA) is 64.0 Å². The molecule has 1 aliphatic rings. The summed E-state index contributed by atoms with van der Waals surface area (Å²) in [6.07, 6.45) is 3.12. The minimum atomic E-state index is -0.189. The van der Waals surface area contributed by atoms with Crippen molar-refractivity contribution in [2.45, 2.75) is 25.4 Å². The van der Waals surface area contributed by atoms with Crippen molar-refractivity contribution in [2.24, 2.45) is 0 Å². The number of hydrogen-bond acceptors (Lipinski definition) is 3. The van der Waals surface area contributed by atoms with E-state index in [0.717, 1.165) is 12.8 Å². The van der Waals surface area contributed by atoms with Crippen LogP contribution < -0.4 is 10.9 Å². The van der Waals surface area contributed by atoms with Crippen molar-refractivity contribution < 1.29 is 4.79 Å². The zero-order chi connectivity index (χ0) is 16.5. The lowest BCUT2D eigenvalue weighted by Gasteiger charge is -2.13. The molecular weight excluding hydrogens is 302 g/mol. The monoisotopic (exact) mass is 319 g/mol. The van der Waals surface area contributed by atoms with E-state index in [2.05, 4.69) is 22.4 Å². The summed E-state index contributed by atoms with van der Waals surface area (Å²) < 4.78 is 1.36. The molecule has 4 rings (SSSR count). The van der Waals surface area contributed by atoms with Crippen LogP contribution in [0.1, 0.15) is 11.1 Å². The second-order valence-electron chi connectivity index (χ2n) is 6.14. The van der Waals surface area contributed by atoms with Gasteiger partial charge in [-0.2, -0.15) is 0 Å². The van der Waals surface area contributed by atoms with Gasteiger partial charge in [0.1, 0.15) is 6.54 Å². The molecule has 1 aliphatic carbocycles. The van der Waals surface area contributed by atoms with E-state index in [1.807, 2.05) is 18.2 Å². The molecule has 0 unspecified atom stereocenters. The Kier molecular flexibility index (Phi) is 3.61. The van der Waals surface area contributed by atoms with Crippen molar-refractivity contribution in [3.05, 3.63) is 76.3 Å². The number of carbonyl (C=O) groups is 1. The molecule has 0 aliphatic heterocycles. The molecule has 0 saturated carbocycles. The van der Waals surface area contributed by atoms with E-state index in [9.17, 15) is 9.59 Å². The predicted molar refractivity (Wildman–Crippen MR) is 91.8 cm³/mol.